The van der Waals surface area contributed by atoms with E-state index in [0.717, 1.165) is 37.9 Å². The van der Waals surface area contributed by atoms with Gasteiger partial charge in [0.05, 0.1) is 5.41 Å². The number of ether oxygens (including phenoxy) is 1. The van der Waals surface area contributed by atoms with Gasteiger partial charge >= 0.3 is 5.97 Å². The molecule has 0 saturated heterocycles. The van der Waals surface area contributed by atoms with Gasteiger partial charge < -0.3 is 15.0 Å². The fourth-order valence-corrected chi connectivity index (χ4v) is 3.03. The van der Waals surface area contributed by atoms with Crippen LogP contribution in [0.1, 0.15) is 38.7 Å². The van der Waals surface area contributed by atoms with Crippen molar-refractivity contribution < 1.29 is 9.53 Å². The highest BCUT2D eigenvalue weighted by atomic mass is 16.5. The second-order valence-electron chi connectivity index (χ2n) is 7.20. The summed E-state index contributed by atoms with van der Waals surface area (Å²) in [4.78, 5) is 14.9. The molecule has 1 aromatic carbocycles. The Morgan fingerprint density at radius 2 is 1.96 bits per heavy atom. The van der Waals surface area contributed by atoms with E-state index in [4.69, 9.17) is 4.74 Å². The zero-order valence-electron chi connectivity index (χ0n) is 16.0. The minimum Gasteiger partial charge on any atom is -0.460 e. The summed E-state index contributed by atoms with van der Waals surface area (Å²) in [5.74, 6) is 0.392. The maximum Gasteiger partial charge on any atom is 0.312 e. The predicted octanol–water partition coefficient (Wildman–Crippen LogP) is 3.32. The van der Waals surface area contributed by atoms with E-state index in [1.165, 1.54) is 0 Å². The first-order valence-corrected chi connectivity index (χ1v) is 8.91. The molecule has 1 aromatic rings. The van der Waals surface area contributed by atoms with Crippen LogP contribution in [0.3, 0.4) is 0 Å². The molecule has 4 nitrogen and oxygen atoms in total. The van der Waals surface area contributed by atoms with Gasteiger partial charge in [-0.1, -0.05) is 37.3 Å². The van der Waals surface area contributed by atoms with Crippen LogP contribution in [0.5, 0.6) is 0 Å². The van der Waals surface area contributed by atoms with Crippen molar-refractivity contribution in [2.24, 2.45) is 11.3 Å². The molecule has 0 aliphatic rings. The number of nitrogens with one attached hydrogen (secondary N) is 1. The van der Waals surface area contributed by atoms with Gasteiger partial charge in [-0.25, -0.2) is 0 Å². The molecular weight excluding hydrogens is 300 g/mol. The molecule has 2 atom stereocenters. The van der Waals surface area contributed by atoms with Gasteiger partial charge in [0.2, 0.25) is 0 Å². The fraction of sp³-hybridized carbons (Fsp3) is 0.650. The number of esters is 1. The second-order valence-corrected chi connectivity index (χ2v) is 7.20. The van der Waals surface area contributed by atoms with Crippen molar-refractivity contribution in [3.8, 4) is 0 Å². The lowest BCUT2D eigenvalue weighted by Crippen LogP contribution is -2.35. The Morgan fingerprint density at radius 1 is 1.29 bits per heavy atom. The summed E-state index contributed by atoms with van der Waals surface area (Å²) in [6.07, 6.45) is 2.72. The van der Waals surface area contributed by atoms with Gasteiger partial charge in [0.25, 0.3) is 0 Å². The maximum absolute atomic E-state index is 12.7. The third-order valence-corrected chi connectivity index (χ3v) is 4.65. The molecule has 1 N–H and O–H groups in total. The summed E-state index contributed by atoms with van der Waals surface area (Å²) in [7, 11) is 6.15. The predicted molar refractivity (Wildman–Crippen MR) is 99.8 cm³/mol. The Morgan fingerprint density at radius 3 is 2.50 bits per heavy atom. The molecule has 0 aliphatic heterocycles. The summed E-state index contributed by atoms with van der Waals surface area (Å²) in [5.41, 5.74) is 0.604. The van der Waals surface area contributed by atoms with Crippen LogP contribution in [0.2, 0.25) is 0 Å². The molecule has 0 aromatic heterocycles. The zero-order chi connectivity index (χ0) is 18.0. The zero-order valence-corrected chi connectivity index (χ0v) is 16.0. The average Bonchev–Trinajstić information content (AvgIpc) is 2.57. The number of nitrogens with zero attached hydrogens (tertiary/aromatic N) is 1. The van der Waals surface area contributed by atoms with Crippen molar-refractivity contribution in [2.45, 2.75) is 39.7 Å². The molecule has 0 bridgehead atoms. The van der Waals surface area contributed by atoms with E-state index in [0.29, 0.717) is 12.5 Å². The largest absolute Gasteiger partial charge is 0.460 e. The lowest BCUT2D eigenvalue weighted by molar-refractivity contribution is -0.158. The Labute approximate surface area is 147 Å². The molecule has 0 saturated carbocycles. The third kappa shape index (κ3) is 7.02. The van der Waals surface area contributed by atoms with Crippen LogP contribution in [0.25, 0.3) is 0 Å². The van der Waals surface area contributed by atoms with Crippen LogP contribution in [-0.2, 0) is 16.1 Å². The Kier molecular flexibility index (Phi) is 9.01. The lowest BCUT2D eigenvalue weighted by atomic mass is 9.77. The molecular formula is C20H34N2O2. The molecule has 24 heavy (non-hydrogen) atoms. The van der Waals surface area contributed by atoms with Gasteiger partial charge in [0.1, 0.15) is 6.61 Å². The van der Waals surface area contributed by atoms with E-state index in [9.17, 15) is 4.79 Å². The number of hydrogen-bond donors (Lipinski definition) is 1. The highest BCUT2D eigenvalue weighted by Crippen LogP contribution is 2.33. The molecule has 0 radical (unpaired) electrons. The van der Waals surface area contributed by atoms with Crippen molar-refractivity contribution in [3.63, 3.8) is 0 Å². The molecule has 0 aliphatic carbocycles. The summed E-state index contributed by atoms with van der Waals surface area (Å²) < 4.78 is 5.63. The van der Waals surface area contributed by atoms with Gasteiger partial charge in [-0.05, 0) is 65.4 Å². The fourth-order valence-electron chi connectivity index (χ4n) is 3.03. The van der Waals surface area contributed by atoms with Crippen molar-refractivity contribution in [2.75, 3.05) is 34.2 Å². The van der Waals surface area contributed by atoms with Crippen LogP contribution in [0.4, 0.5) is 0 Å². The van der Waals surface area contributed by atoms with Crippen LogP contribution in [-0.4, -0.2) is 45.1 Å². The van der Waals surface area contributed by atoms with E-state index in [1.807, 2.05) is 44.3 Å². The SMILES string of the molecule is CCC(C)(C[C@H](CCNC)CN(C)C)C(=O)OCc1ccccc1. The highest BCUT2D eigenvalue weighted by Gasteiger charge is 2.35. The molecule has 0 fully saturated rings. The first-order valence-electron chi connectivity index (χ1n) is 8.91. The van der Waals surface area contributed by atoms with E-state index < -0.39 is 5.41 Å². The highest BCUT2D eigenvalue weighted by molar-refractivity contribution is 5.76. The number of hydrogen-bond acceptors (Lipinski definition) is 4. The standard InChI is InChI=1S/C20H34N2O2/c1-6-20(2,14-18(12-13-21-3)15-22(4)5)19(23)24-16-17-10-8-7-9-11-17/h7-11,18,21H,6,12-16H2,1-5H3/t18-,20?/m0/s1. The van der Waals surface area contributed by atoms with E-state index >= 15 is 0 Å². The third-order valence-electron chi connectivity index (χ3n) is 4.65. The Balaban J connectivity index is 2.68. The number of carbonyl (C=O) groups excluding carboxylic acids is 1. The summed E-state index contributed by atoms with van der Waals surface area (Å²) in [5, 5.41) is 3.22. The lowest BCUT2D eigenvalue weighted by Gasteiger charge is -2.32. The van der Waals surface area contributed by atoms with Crippen molar-refractivity contribution in [1.29, 1.82) is 0 Å². The second kappa shape index (κ2) is 10.5. The van der Waals surface area contributed by atoms with Gasteiger partial charge in [0.15, 0.2) is 0 Å². The number of benzene rings is 1. The first kappa shape index (κ1) is 20.7. The van der Waals surface area contributed by atoms with Gasteiger partial charge in [-0.2, -0.15) is 0 Å². The van der Waals surface area contributed by atoms with Gasteiger partial charge in [-0.3, -0.25) is 4.79 Å². The van der Waals surface area contributed by atoms with Gasteiger partial charge in [0, 0.05) is 6.54 Å². The van der Waals surface area contributed by atoms with Gasteiger partial charge in [-0.15, -0.1) is 0 Å². The molecule has 0 spiro atoms. The minimum atomic E-state index is -0.427. The quantitative estimate of drug-likeness (QED) is 0.630. The first-order chi connectivity index (χ1) is 11.4. The molecule has 136 valence electrons. The summed E-state index contributed by atoms with van der Waals surface area (Å²) in [6, 6.07) is 9.87. The number of carbonyl (C=O) groups is 1. The topological polar surface area (TPSA) is 41.6 Å². The molecule has 4 heteroatoms. The average molecular weight is 335 g/mol. The van der Waals surface area contributed by atoms with Crippen LogP contribution in [0, 0.1) is 11.3 Å². The summed E-state index contributed by atoms with van der Waals surface area (Å²) >= 11 is 0. The van der Waals surface area contributed by atoms with Crippen molar-refractivity contribution in [1.82, 2.24) is 10.2 Å². The Hall–Kier alpha value is -1.39. The van der Waals surface area contributed by atoms with Crippen LogP contribution < -0.4 is 5.32 Å². The van der Waals surface area contributed by atoms with E-state index in [1.54, 1.807) is 0 Å². The van der Waals surface area contributed by atoms with Crippen LogP contribution in [0.15, 0.2) is 30.3 Å². The molecule has 1 unspecified atom stereocenters. The monoisotopic (exact) mass is 334 g/mol. The smallest absolute Gasteiger partial charge is 0.312 e. The van der Waals surface area contributed by atoms with E-state index in [2.05, 4.69) is 31.2 Å². The maximum atomic E-state index is 12.7. The Bertz CT molecular complexity index is 476. The van der Waals surface area contributed by atoms with E-state index in [-0.39, 0.29) is 5.97 Å². The van der Waals surface area contributed by atoms with Crippen LogP contribution >= 0.6 is 0 Å². The number of rotatable bonds is 11. The normalized spacial score (nSPS) is 15.1. The van der Waals surface area contributed by atoms with Crippen molar-refractivity contribution in [3.05, 3.63) is 35.9 Å². The molecule has 1 rings (SSSR count). The molecule has 0 heterocycles. The molecule has 0 amide bonds. The minimum absolute atomic E-state index is 0.0814. The van der Waals surface area contributed by atoms with Crippen molar-refractivity contribution >= 4 is 5.97 Å². The summed E-state index contributed by atoms with van der Waals surface area (Å²) in [6.45, 7) is 6.43.